The number of aryl methyl sites for hydroxylation is 1. The number of methoxy groups -OCH3 is 1. The smallest absolute Gasteiger partial charge is 0.166 e. The van der Waals surface area contributed by atoms with Crippen molar-refractivity contribution in [3.63, 3.8) is 0 Å². The zero-order valence-corrected chi connectivity index (χ0v) is 16.8. The maximum atomic E-state index is 6.19. The number of benzene rings is 2. The van der Waals surface area contributed by atoms with E-state index in [0.717, 1.165) is 36.7 Å². The highest BCUT2D eigenvalue weighted by Gasteiger charge is 2.22. The highest BCUT2D eigenvalue weighted by Crippen LogP contribution is 2.32. The summed E-state index contributed by atoms with van der Waals surface area (Å²) in [5, 5.41) is 3.63. The molecular weight excluding hydrogens is 336 g/mol. The van der Waals surface area contributed by atoms with E-state index in [-0.39, 0.29) is 0 Å². The fraction of sp³-hybridized carbons (Fsp3) is 0.478. The van der Waals surface area contributed by atoms with Crippen LogP contribution >= 0.6 is 0 Å². The Hall–Kier alpha value is -2.04. The molecule has 1 fully saturated rings. The topological polar surface area (TPSA) is 33.7 Å². The molecule has 1 N–H and O–H groups in total. The van der Waals surface area contributed by atoms with Gasteiger partial charge in [0, 0.05) is 24.7 Å². The summed E-state index contributed by atoms with van der Waals surface area (Å²) < 4.78 is 11.7. The summed E-state index contributed by atoms with van der Waals surface area (Å²) in [5.74, 6) is 1.63. The van der Waals surface area contributed by atoms with Gasteiger partial charge in [-0.3, -0.25) is 4.90 Å². The number of para-hydroxylation sites is 1. The van der Waals surface area contributed by atoms with Gasteiger partial charge in [0.25, 0.3) is 0 Å². The van der Waals surface area contributed by atoms with Crippen molar-refractivity contribution in [2.24, 2.45) is 0 Å². The van der Waals surface area contributed by atoms with Crippen LogP contribution in [-0.2, 0) is 13.2 Å². The van der Waals surface area contributed by atoms with Crippen LogP contribution in [0, 0.1) is 6.92 Å². The van der Waals surface area contributed by atoms with Gasteiger partial charge < -0.3 is 14.8 Å². The van der Waals surface area contributed by atoms with Gasteiger partial charge in [0.1, 0.15) is 6.61 Å². The Morgan fingerprint density at radius 2 is 2.04 bits per heavy atom. The number of nitrogens with one attached hydrogen (secondary N) is 1. The molecule has 0 radical (unpaired) electrons. The van der Waals surface area contributed by atoms with Crippen LogP contribution in [0.1, 0.15) is 36.5 Å². The number of ether oxygens (including phenoxy) is 2. The summed E-state index contributed by atoms with van der Waals surface area (Å²) in [6, 6.07) is 15.2. The molecule has 4 nitrogen and oxygen atoms in total. The molecule has 0 bridgehead atoms. The third-order valence-electron chi connectivity index (χ3n) is 5.35. The summed E-state index contributed by atoms with van der Waals surface area (Å²) in [6.45, 7) is 9.06. The van der Waals surface area contributed by atoms with E-state index in [2.05, 4.69) is 54.4 Å². The second kappa shape index (κ2) is 9.77. The first kappa shape index (κ1) is 19.7. The second-order valence-corrected chi connectivity index (χ2v) is 7.28. The predicted octanol–water partition coefficient (Wildman–Crippen LogP) is 4.16. The molecule has 0 aliphatic carbocycles. The average molecular weight is 369 g/mol. The minimum Gasteiger partial charge on any atom is -0.493 e. The zero-order chi connectivity index (χ0) is 19.1. The molecule has 3 rings (SSSR count). The summed E-state index contributed by atoms with van der Waals surface area (Å²) >= 11 is 0. The first-order valence-electron chi connectivity index (χ1n) is 10.00. The SMILES string of the molecule is CCN1CCCC1CNCc1cccc(OC)c1OCc1cccc(C)c1. The van der Waals surface area contributed by atoms with Gasteiger partial charge in [0.15, 0.2) is 11.5 Å². The molecule has 1 heterocycles. The van der Waals surface area contributed by atoms with Crippen molar-refractivity contribution in [2.45, 2.75) is 45.9 Å². The van der Waals surface area contributed by atoms with Gasteiger partial charge in [-0.25, -0.2) is 0 Å². The molecule has 1 aliphatic rings. The fourth-order valence-corrected chi connectivity index (χ4v) is 3.90. The van der Waals surface area contributed by atoms with Crippen LogP contribution in [0.5, 0.6) is 11.5 Å². The van der Waals surface area contributed by atoms with Crippen LogP contribution in [-0.4, -0.2) is 37.7 Å². The molecule has 0 aromatic heterocycles. The molecule has 1 atom stereocenters. The standard InChI is InChI=1S/C23H32N2O2/c1-4-25-13-7-11-21(25)16-24-15-20-10-6-12-22(26-3)23(20)27-17-19-9-5-8-18(2)14-19/h5-6,8-10,12,14,21,24H,4,7,11,13,15-17H2,1-3H3. The van der Waals surface area contributed by atoms with Crippen molar-refractivity contribution in [3.05, 3.63) is 59.2 Å². The van der Waals surface area contributed by atoms with E-state index in [1.807, 2.05) is 12.1 Å². The Labute approximate surface area is 163 Å². The summed E-state index contributed by atoms with van der Waals surface area (Å²) in [4.78, 5) is 2.56. The van der Waals surface area contributed by atoms with Crippen molar-refractivity contribution >= 4 is 0 Å². The number of rotatable bonds is 9. The highest BCUT2D eigenvalue weighted by molar-refractivity contribution is 5.46. The lowest BCUT2D eigenvalue weighted by Gasteiger charge is -2.23. The van der Waals surface area contributed by atoms with E-state index >= 15 is 0 Å². The Kier molecular flexibility index (Phi) is 7.13. The summed E-state index contributed by atoms with van der Waals surface area (Å²) in [5.41, 5.74) is 3.56. The van der Waals surface area contributed by atoms with Crippen LogP contribution in [0.15, 0.2) is 42.5 Å². The fourth-order valence-electron chi connectivity index (χ4n) is 3.90. The molecule has 4 heteroatoms. The Balaban J connectivity index is 1.64. The molecule has 0 amide bonds. The second-order valence-electron chi connectivity index (χ2n) is 7.28. The monoisotopic (exact) mass is 368 g/mol. The van der Waals surface area contributed by atoms with Gasteiger partial charge in [-0.2, -0.15) is 0 Å². The minimum atomic E-state index is 0.543. The summed E-state index contributed by atoms with van der Waals surface area (Å²) in [7, 11) is 1.70. The number of likely N-dealkylation sites (tertiary alicyclic amines) is 1. The van der Waals surface area contributed by atoms with Gasteiger partial charge in [-0.05, 0) is 44.5 Å². The molecule has 1 aliphatic heterocycles. The number of nitrogens with zero attached hydrogens (tertiary/aromatic N) is 1. The Bertz CT molecular complexity index is 732. The lowest BCUT2D eigenvalue weighted by atomic mass is 10.1. The van der Waals surface area contributed by atoms with Crippen LogP contribution in [0.3, 0.4) is 0 Å². The van der Waals surface area contributed by atoms with Gasteiger partial charge in [0.2, 0.25) is 0 Å². The Morgan fingerprint density at radius 1 is 1.19 bits per heavy atom. The van der Waals surface area contributed by atoms with Crippen LogP contribution in [0.2, 0.25) is 0 Å². The molecule has 0 saturated carbocycles. The van der Waals surface area contributed by atoms with Crippen molar-refractivity contribution in [1.82, 2.24) is 10.2 Å². The quantitative estimate of drug-likeness (QED) is 0.721. The zero-order valence-electron chi connectivity index (χ0n) is 16.8. The molecule has 2 aromatic carbocycles. The van der Waals surface area contributed by atoms with E-state index < -0.39 is 0 Å². The average Bonchev–Trinajstić information content (AvgIpc) is 3.14. The van der Waals surface area contributed by atoms with Crippen LogP contribution in [0.25, 0.3) is 0 Å². The maximum Gasteiger partial charge on any atom is 0.166 e. The lowest BCUT2D eigenvalue weighted by Crippen LogP contribution is -2.37. The van der Waals surface area contributed by atoms with Gasteiger partial charge in [0.05, 0.1) is 7.11 Å². The maximum absolute atomic E-state index is 6.19. The predicted molar refractivity (Wildman–Crippen MR) is 110 cm³/mol. The van der Waals surface area contributed by atoms with Crippen LogP contribution < -0.4 is 14.8 Å². The van der Waals surface area contributed by atoms with E-state index in [1.165, 1.54) is 30.5 Å². The molecular formula is C23H32N2O2. The molecule has 2 aromatic rings. The van der Waals surface area contributed by atoms with Gasteiger partial charge in [-0.1, -0.05) is 48.9 Å². The largest absolute Gasteiger partial charge is 0.493 e. The highest BCUT2D eigenvalue weighted by atomic mass is 16.5. The van der Waals surface area contributed by atoms with E-state index in [4.69, 9.17) is 9.47 Å². The minimum absolute atomic E-state index is 0.543. The van der Waals surface area contributed by atoms with Crippen molar-refractivity contribution in [1.29, 1.82) is 0 Å². The first-order valence-corrected chi connectivity index (χ1v) is 10.00. The molecule has 146 valence electrons. The third kappa shape index (κ3) is 5.24. The lowest BCUT2D eigenvalue weighted by molar-refractivity contribution is 0.258. The first-order chi connectivity index (χ1) is 13.2. The van der Waals surface area contributed by atoms with E-state index in [0.29, 0.717) is 12.6 Å². The molecule has 0 spiro atoms. The normalized spacial score (nSPS) is 17.2. The molecule has 1 saturated heterocycles. The number of likely N-dealkylation sites (N-methyl/N-ethyl adjacent to an activating group) is 1. The van der Waals surface area contributed by atoms with E-state index in [1.54, 1.807) is 7.11 Å². The van der Waals surface area contributed by atoms with Crippen molar-refractivity contribution in [2.75, 3.05) is 26.7 Å². The molecule has 27 heavy (non-hydrogen) atoms. The molecule has 1 unspecified atom stereocenters. The third-order valence-corrected chi connectivity index (χ3v) is 5.35. The van der Waals surface area contributed by atoms with Gasteiger partial charge >= 0.3 is 0 Å². The van der Waals surface area contributed by atoms with E-state index in [9.17, 15) is 0 Å². The van der Waals surface area contributed by atoms with Crippen molar-refractivity contribution in [3.8, 4) is 11.5 Å². The Morgan fingerprint density at radius 3 is 2.81 bits per heavy atom. The van der Waals surface area contributed by atoms with Gasteiger partial charge in [-0.15, -0.1) is 0 Å². The van der Waals surface area contributed by atoms with Crippen LogP contribution in [0.4, 0.5) is 0 Å². The number of hydrogen-bond donors (Lipinski definition) is 1. The number of hydrogen-bond acceptors (Lipinski definition) is 4. The van der Waals surface area contributed by atoms with Crippen molar-refractivity contribution < 1.29 is 9.47 Å². The summed E-state index contributed by atoms with van der Waals surface area (Å²) in [6.07, 6.45) is 2.60.